The molecule has 0 unspecified atom stereocenters. The van der Waals surface area contributed by atoms with Crippen LogP contribution in [-0.2, 0) is 11.0 Å². The van der Waals surface area contributed by atoms with Crippen LogP contribution in [0.2, 0.25) is 0 Å². The summed E-state index contributed by atoms with van der Waals surface area (Å²) in [5.74, 6) is -0.813. The van der Waals surface area contributed by atoms with Gasteiger partial charge in [-0.25, -0.2) is 0 Å². The number of halogens is 3. The molecule has 15 heavy (non-hydrogen) atoms. The van der Waals surface area contributed by atoms with Gasteiger partial charge in [-0.1, -0.05) is 6.07 Å². The third kappa shape index (κ3) is 3.08. The van der Waals surface area contributed by atoms with Crippen molar-refractivity contribution >= 4 is 12.0 Å². The number of carbonyl (C=O) groups excluding carboxylic acids is 1. The van der Waals surface area contributed by atoms with Crippen molar-refractivity contribution in [3.63, 3.8) is 0 Å². The minimum Gasteiger partial charge on any atom is -0.366 e. The van der Waals surface area contributed by atoms with Crippen molar-refractivity contribution in [2.24, 2.45) is 5.73 Å². The van der Waals surface area contributed by atoms with Gasteiger partial charge in [0, 0.05) is 17.8 Å². The van der Waals surface area contributed by atoms with Crippen LogP contribution in [0.1, 0.15) is 11.3 Å². The summed E-state index contributed by atoms with van der Waals surface area (Å²) in [5.41, 5.74) is 3.54. The summed E-state index contributed by atoms with van der Waals surface area (Å²) in [6.07, 6.45) is -1.67. The molecule has 1 aromatic rings. The molecule has 1 rings (SSSR count). The summed E-state index contributed by atoms with van der Waals surface area (Å²) < 4.78 is 37.1. The van der Waals surface area contributed by atoms with Gasteiger partial charge in [0.1, 0.15) is 0 Å². The van der Waals surface area contributed by atoms with Gasteiger partial charge in [0.2, 0.25) is 5.91 Å². The fourth-order valence-electron chi connectivity index (χ4n) is 0.961. The van der Waals surface area contributed by atoms with Crippen LogP contribution in [0.25, 0.3) is 6.08 Å². The number of hydrogen-bond donors (Lipinski definition) is 1. The smallest absolute Gasteiger partial charge is 0.366 e. The predicted octanol–water partition coefficient (Wildman–Crippen LogP) is 1.60. The van der Waals surface area contributed by atoms with Gasteiger partial charge < -0.3 is 5.73 Å². The Balaban J connectivity index is 3.13. The van der Waals surface area contributed by atoms with Crippen LogP contribution in [0, 0.1) is 0 Å². The minimum absolute atomic E-state index is 0.191. The third-order valence-corrected chi connectivity index (χ3v) is 1.53. The van der Waals surface area contributed by atoms with Crippen molar-refractivity contribution in [3.8, 4) is 0 Å². The highest BCUT2D eigenvalue weighted by atomic mass is 19.4. The van der Waals surface area contributed by atoms with E-state index in [2.05, 4.69) is 4.98 Å². The van der Waals surface area contributed by atoms with Gasteiger partial charge in [-0.3, -0.25) is 9.78 Å². The van der Waals surface area contributed by atoms with Crippen LogP contribution in [-0.4, -0.2) is 10.9 Å². The molecule has 0 atom stereocenters. The van der Waals surface area contributed by atoms with Crippen molar-refractivity contribution in [3.05, 3.63) is 35.7 Å². The minimum atomic E-state index is -4.54. The molecule has 1 aromatic heterocycles. The molecule has 0 aliphatic heterocycles. The monoisotopic (exact) mass is 216 g/mol. The van der Waals surface area contributed by atoms with Crippen molar-refractivity contribution in [2.45, 2.75) is 6.18 Å². The molecule has 0 saturated carbocycles. The molecule has 6 heteroatoms. The fraction of sp³-hybridized carbons (Fsp3) is 0.111. The maximum absolute atomic E-state index is 12.4. The first kappa shape index (κ1) is 11.2. The average Bonchev–Trinajstić information content (AvgIpc) is 2.13. The predicted molar refractivity (Wildman–Crippen MR) is 47.5 cm³/mol. The van der Waals surface area contributed by atoms with E-state index in [1.54, 1.807) is 0 Å². The van der Waals surface area contributed by atoms with Gasteiger partial charge >= 0.3 is 6.18 Å². The first-order valence-corrected chi connectivity index (χ1v) is 3.91. The summed E-state index contributed by atoms with van der Waals surface area (Å²) in [6.45, 7) is 0. The highest BCUT2D eigenvalue weighted by Crippen LogP contribution is 2.30. The second-order valence-electron chi connectivity index (χ2n) is 2.67. The fourth-order valence-corrected chi connectivity index (χ4v) is 0.961. The molecule has 1 heterocycles. The molecular weight excluding hydrogens is 209 g/mol. The van der Waals surface area contributed by atoms with Crippen LogP contribution in [0.5, 0.6) is 0 Å². The van der Waals surface area contributed by atoms with E-state index >= 15 is 0 Å². The van der Waals surface area contributed by atoms with Gasteiger partial charge in [-0.15, -0.1) is 0 Å². The number of nitrogens with zero attached hydrogens (tertiary/aromatic N) is 1. The van der Waals surface area contributed by atoms with E-state index in [-0.39, 0.29) is 5.56 Å². The first-order valence-electron chi connectivity index (χ1n) is 3.91. The summed E-state index contributed by atoms with van der Waals surface area (Å²) in [4.78, 5) is 13.6. The van der Waals surface area contributed by atoms with E-state index in [1.807, 2.05) is 0 Å². The van der Waals surface area contributed by atoms with Crippen LogP contribution in [0.15, 0.2) is 24.4 Å². The van der Waals surface area contributed by atoms with Crippen molar-refractivity contribution in [1.82, 2.24) is 4.98 Å². The zero-order chi connectivity index (χ0) is 11.5. The lowest BCUT2D eigenvalue weighted by atomic mass is 10.1. The summed E-state index contributed by atoms with van der Waals surface area (Å²) in [5, 5.41) is 0. The SMILES string of the molecule is NC(=O)C=Cc1cccnc1C(F)(F)F. The molecular formula is C9H7F3N2O. The summed E-state index contributed by atoms with van der Waals surface area (Å²) in [6, 6.07) is 2.55. The Labute approximate surface area is 83.4 Å². The lowest BCUT2D eigenvalue weighted by Crippen LogP contribution is -2.10. The Morgan fingerprint density at radius 3 is 2.67 bits per heavy atom. The van der Waals surface area contributed by atoms with E-state index in [0.717, 1.165) is 18.3 Å². The third-order valence-electron chi connectivity index (χ3n) is 1.53. The lowest BCUT2D eigenvalue weighted by Gasteiger charge is -2.07. The van der Waals surface area contributed by atoms with Gasteiger partial charge in [-0.2, -0.15) is 13.2 Å². The van der Waals surface area contributed by atoms with Gasteiger partial charge in [0.25, 0.3) is 0 Å². The second-order valence-corrected chi connectivity index (χ2v) is 2.67. The van der Waals surface area contributed by atoms with E-state index in [1.165, 1.54) is 12.1 Å². The maximum atomic E-state index is 12.4. The Bertz CT molecular complexity index is 399. The molecule has 0 saturated heterocycles. The van der Waals surface area contributed by atoms with Crippen LogP contribution >= 0.6 is 0 Å². The number of rotatable bonds is 2. The van der Waals surface area contributed by atoms with Crippen LogP contribution in [0.4, 0.5) is 13.2 Å². The molecule has 0 bridgehead atoms. The number of primary amides is 1. The van der Waals surface area contributed by atoms with Gasteiger partial charge in [-0.05, 0) is 12.1 Å². The number of hydrogen-bond acceptors (Lipinski definition) is 2. The summed E-state index contributed by atoms with van der Waals surface area (Å²) in [7, 11) is 0. The zero-order valence-electron chi connectivity index (χ0n) is 7.45. The highest BCUT2D eigenvalue weighted by molar-refractivity contribution is 5.90. The van der Waals surface area contributed by atoms with E-state index in [9.17, 15) is 18.0 Å². The number of carbonyl (C=O) groups is 1. The number of amides is 1. The number of pyridine rings is 1. The Morgan fingerprint density at radius 2 is 2.13 bits per heavy atom. The average molecular weight is 216 g/mol. The normalized spacial score (nSPS) is 11.9. The van der Waals surface area contributed by atoms with Crippen LogP contribution < -0.4 is 5.73 Å². The quantitative estimate of drug-likeness (QED) is 0.763. The molecule has 1 amide bonds. The standard InChI is InChI=1S/C9H7F3N2O/c10-9(11,12)8-6(2-1-5-14-8)3-4-7(13)15/h1-5H,(H2,13,15). The molecule has 0 aliphatic carbocycles. The molecule has 3 nitrogen and oxygen atoms in total. The van der Waals surface area contributed by atoms with Crippen molar-refractivity contribution in [2.75, 3.05) is 0 Å². The Hall–Kier alpha value is -1.85. The number of nitrogens with two attached hydrogens (primary N) is 1. The van der Waals surface area contributed by atoms with E-state index in [4.69, 9.17) is 5.73 Å². The maximum Gasteiger partial charge on any atom is 0.433 e. The largest absolute Gasteiger partial charge is 0.433 e. The highest BCUT2D eigenvalue weighted by Gasteiger charge is 2.34. The topological polar surface area (TPSA) is 56.0 Å². The first-order chi connectivity index (χ1) is 6.91. The molecule has 0 spiro atoms. The molecule has 0 aliphatic rings. The second kappa shape index (κ2) is 4.12. The number of alkyl halides is 3. The Morgan fingerprint density at radius 1 is 1.47 bits per heavy atom. The van der Waals surface area contributed by atoms with Crippen molar-refractivity contribution in [1.29, 1.82) is 0 Å². The zero-order valence-corrected chi connectivity index (χ0v) is 7.45. The molecule has 80 valence electrons. The number of aromatic nitrogens is 1. The molecule has 0 aromatic carbocycles. The van der Waals surface area contributed by atoms with E-state index < -0.39 is 17.8 Å². The summed E-state index contributed by atoms with van der Waals surface area (Å²) >= 11 is 0. The van der Waals surface area contributed by atoms with Gasteiger partial charge in [0.05, 0.1) is 0 Å². The molecule has 0 radical (unpaired) electrons. The van der Waals surface area contributed by atoms with Crippen molar-refractivity contribution < 1.29 is 18.0 Å². The van der Waals surface area contributed by atoms with Gasteiger partial charge in [0.15, 0.2) is 5.69 Å². The van der Waals surface area contributed by atoms with E-state index in [0.29, 0.717) is 0 Å². The molecule has 0 fully saturated rings. The van der Waals surface area contributed by atoms with Crippen LogP contribution in [0.3, 0.4) is 0 Å². The lowest BCUT2D eigenvalue weighted by molar-refractivity contribution is -0.141. The Kier molecular flexibility index (Phi) is 3.08. The molecule has 2 N–H and O–H groups in total.